The van der Waals surface area contributed by atoms with Crippen molar-refractivity contribution in [2.24, 2.45) is 0 Å². The van der Waals surface area contributed by atoms with E-state index in [4.69, 9.17) is 9.68 Å². The van der Waals surface area contributed by atoms with E-state index in [1.54, 1.807) is 6.07 Å². The third kappa shape index (κ3) is 2.51. The Morgan fingerprint density at radius 1 is 1.28 bits per heavy atom. The second-order valence-corrected chi connectivity index (χ2v) is 4.30. The van der Waals surface area contributed by atoms with E-state index in [9.17, 15) is 0 Å². The molecule has 2 heterocycles. The number of nitriles is 1. The molecule has 4 heteroatoms. The minimum absolute atomic E-state index is 0.575. The first-order valence-electron chi connectivity index (χ1n) is 5.74. The Kier molecular flexibility index (Phi) is 3.33. The second-order valence-electron chi connectivity index (χ2n) is 4.30. The Labute approximate surface area is 106 Å². The average molecular weight is 241 g/mol. The van der Waals surface area contributed by atoms with Gasteiger partial charge in [-0.2, -0.15) is 5.26 Å². The van der Waals surface area contributed by atoms with Crippen molar-refractivity contribution in [2.75, 3.05) is 11.9 Å². The molecule has 0 aromatic carbocycles. The van der Waals surface area contributed by atoms with Gasteiger partial charge in [-0.25, -0.2) is 4.98 Å². The number of furan rings is 1. The van der Waals surface area contributed by atoms with Crippen LogP contribution in [-0.4, -0.2) is 12.0 Å². The Bertz CT molecular complexity index is 595. The van der Waals surface area contributed by atoms with Crippen LogP contribution in [0.2, 0.25) is 0 Å². The Morgan fingerprint density at radius 3 is 2.67 bits per heavy atom. The van der Waals surface area contributed by atoms with Crippen LogP contribution >= 0.6 is 0 Å². The highest BCUT2D eigenvalue weighted by molar-refractivity contribution is 5.53. The summed E-state index contributed by atoms with van der Waals surface area (Å²) in [6.07, 6.45) is 0. The molecule has 0 unspecified atom stereocenters. The average Bonchev–Trinajstić information content (AvgIpc) is 2.74. The van der Waals surface area contributed by atoms with Crippen molar-refractivity contribution in [3.8, 4) is 6.07 Å². The van der Waals surface area contributed by atoms with Crippen LogP contribution in [0.5, 0.6) is 0 Å². The third-order valence-corrected chi connectivity index (χ3v) is 2.69. The first-order chi connectivity index (χ1) is 8.60. The maximum atomic E-state index is 9.09. The molecular formula is C14H15N3O. The maximum absolute atomic E-state index is 9.09. The van der Waals surface area contributed by atoms with E-state index in [-0.39, 0.29) is 0 Å². The van der Waals surface area contributed by atoms with Crippen molar-refractivity contribution in [1.82, 2.24) is 4.98 Å². The number of hydrogen-bond donors (Lipinski definition) is 0. The fourth-order valence-corrected chi connectivity index (χ4v) is 1.80. The second kappa shape index (κ2) is 4.92. The largest absolute Gasteiger partial charge is 0.464 e. The summed E-state index contributed by atoms with van der Waals surface area (Å²) in [5.74, 6) is 2.44. The molecule has 2 aromatic rings. The van der Waals surface area contributed by atoms with Crippen LogP contribution in [0.25, 0.3) is 0 Å². The summed E-state index contributed by atoms with van der Waals surface area (Å²) in [4.78, 5) is 6.33. The number of aryl methyl sites for hydroxylation is 2. The molecule has 0 N–H and O–H groups in total. The summed E-state index contributed by atoms with van der Waals surface area (Å²) in [5.41, 5.74) is 1.47. The molecule has 0 amide bonds. The van der Waals surface area contributed by atoms with Crippen LogP contribution in [-0.2, 0) is 6.54 Å². The number of rotatable bonds is 3. The Hall–Kier alpha value is -2.28. The van der Waals surface area contributed by atoms with E-state index in [0.29, 0.717) is 17.9 Å². The van der Waals surface area contributed by atoms with Gasteiger partial charge in [-0.1, -0.05) is 0 Å². The third-order valence-electron chi connectivity index (χ3n) is 2.69. The first kappa shape index (κ1) is 12.2. The lowest BCUT2D eigenvalue weighted by Gasteiger charge is -2.18. The summed E-state index contributed by atoms with van der Waals surface area (Å²) in [6, 6.07) is 9.66. The van der Waals surface area contributed by atoms with E-state index in [1.807, 2.05) is 44.0 Å². The van der Waals surface area contributed by atoms with Gasteiger partial charge in [0.2, 0.25) is 0 Å². The molecule has 0 bridgehead atoms. The molecule has 0 saturated heterocycles. The highest BCUT2D eigenvalue weighted by Crippen LogP contribution is 2.19. The zero-order valence-corrected chi connectivity index (χ0v) is 10.8. The molecule has 92 valence electrons. The molecule has 0 atom stereocenters. The van der Waals surface area contributed by atoms with Crippen LogP contribution < -0.4 is 4.90 Å². The summed E-state index contributed by atoms with van der Waals surface area (Å²) < 4.78 is 5.53. The molecule has 0 radical (unpaired) electrons. The molecule has 0 aliphatic rings. The van der Waals surface area contributed by atoms with Crippen LogP contribution in [0.4, 0.5) is 5.82 Å². The SMILES string of the molecule is Cc1ccc(C#N)c(N(C)Cc2ccc(C)o2)n1. The standard InChI is InChI=1S/C14H15N3O/c1-10-4-6-12(8-15)14(16-10)17(3)9-13-7-5-11(2)18-13/h4-7H,9H2,1-3H3. The van der Waals surface area contributed by atoms with Gasteiger partial charge in [-0.3, -0.25) is 0 Å². The van der Waals surface area contributed by atoms with Gasteiger partial charge in [0, 0.05) is 12.7 Å². The van der Waals surface area contributed by atoms with E-state index >= 15 is 0 Å². The summed E-state index contributed by atoms with van der Waals surface area (Å²) in [6.45, 7) is 4.42. The minimum Gasteiger partial charge on any atom is -0.464 e. The molecule has 0 fully saturated rings. The monoisotopic (exact) mass is 241 g/mol. The lowest BCUT2D eigenvalue weighted by atomic mass is 10.2. The zero-order valence-electron chi connectivity index (χ0n) is 10.8. The van der Waals surface area contributed by atoms with Crippen LogP contribution in [0.3, 0.4) is 0 Å². The molecular weight excluding hydrogens is 226 g/mol. The molecule has 2 aromatic heterocycles. The fourth-order valence-electron chi connectivity index (χ4n) is 1.80. The van der Waals surface area contributed by atoms with Crippen molar-refractivity contribution >= 4 is 5.82 Å². The van der Waals surface area contributed by atoms with Crippen LogP contribution in [0.1, 0.15) is 22.8 Å². The Balaban J connectivity index is 2.26. The summed E-state index contributed by atoms with van der Waals surface area (Å²) in [7, 11) is 1.90. The summed E-state index contributed by atoms with van der Waals surface area (Å²) >= 11 is 0. The highest BCUT2D eigenvalue weighted by Gasteiger charge is 2.11. The van der Waals surface area contributed by atoms with Gasteiger partial charge in [0.05, 0.1) is 12.1 Å². The predicted octanol–water partition coefficient (Wildman–Crippen LogP) is 2.80. The van der Waals surface area contributed by atoms with Gasteiger partial charge < -0.3 is 9.32 Å². The van der Waals surface area contributed by atoms with Gasteiger partial charge in [0.25, 0.3) is 0 Å². The number of hydrogen-bond acceptors (Lipinski definition) is 4. The highest BCUT2D eigenvalue weighted by atomic mass is 16.3. The van der Waals surface area contributed by atoms with Crippen molar-refractivity contribution in [1.29, 1.82) is 5.26 Å². The molecule has 0 aliphatic carbocycles. The molecule has 2 rings (SSSR count). The number of pyridine rings is 1. The van der Waals surface area contributed by atoms with E-state index in [2.05, 4.69) is 11.1 Å². The van der Waals surface area contributed by atoms with Gasteiger partial charge in [0.15, 0.2) is 0 Å². The van der Waals surface area contributed by atoms with Crippen LogP contribution in [0, 0.1) is 25.2 Å². The number of aromatic nitrogens is 1. The molecule has 0 spiro atoms. The topological polar surface area (TPSA) is 53.1 Å². The van der Waals surface area contributed by atoms with Crippen molar-refractivity contribution in [3.05, 3.63) is 47.0 Å². The van der Waals surface area contributed by atoms with Gasteiger partial charge in [-0.05, 0) is 38.1 Å². The van der Waals surface area contributed by atoms with E-state index in [0.717, 1.165) is 17.2 Å². The first-order valence-corrected chi connectivity index (χ1v) is 5.74. The van der Waals surface area contributed by atoms with Crippen molar-refractivity contribution < 1.29 is 4.42 Å². The molecule has 0 saturated carbocycles. The van der Waals surface area contributed by atoms with Gasteiger partial charge in [-0.15, -0.1) is 0 Å². The summed E-state index contributed by atoms with van der Waals surface area (Å²) in [5, 5.41) is 9.09. The number of anilines is 1. The van der Waals surface area contributed by atoms with Crippen LogP contribution in [0.15, 0.2) is 28.7 Å². The fraction of sp³-hybridized carbons (Fsp3) is 0.286. The molecule has 0 aliphatic heterocycles. The van der Waals surface area contributed by atoms with E-state index in [1.165, 1.54) is 0 Å². The zero-order chi connectivity index (χ0) is 13.1. The van der Waals surface area contributed by atoms with E-state index < -0.39 is 0 Å². The quantitative estimate of drug-likeness (QED) is 0.829. The van der Waals surface area contributed by atoms with Crippen molar-refractivity contribution in [2.45, 2.75) is 20.4 Å². The Morgan fingerprint density at radius 2 is 2.06 bits per heavy atom. The molecule has 18 heavy (non-hydrogen) atoms. The lowest BCUT2D eigenvalue weighted by Crippen LogP contribution is -2.19. The molecule has 4 nitrogen and oxygen atoms in total. The maximum Gasteiger partial charge on any atom is 0.146 e. The predicted molar refractivity (Wildman–Crippen MR) is 69.2 cm³/mol. The van der Waals surface area contributed by atoms with Crippen molar-refractivity contribution in [3.63, 3.8) is 0 Å². The minimum atomic E-state index is 0.575. The lowest BCUT2D eigenvalue weighted by molar-refractivity contribution is 0.481. The number of nitrogens with zero attached hydrogens (tertiary/aromatic N) is 3. The smallest absolute Gasteiger partial charge is 0.146 e. The van der Waals surface area contributed by atoms with Gasteiger partial charge in [0.1, 0.15) is 23.4 Å². The van der Waals surface area contributed by atoms with Gasteiger partial charge >= 0.3 is 0 Å². The normalized spacial score (nSPS) is 10.1.